The molecule has 1 atom stereocenters. The zero-order chi connectivity index (χ0) is 12.1. The summed E-state index contributed by atoms with van der Waals surface area (Å²) in [4.78, 5) is 16.0. The van der Waals surface area contributed by atoms with E-state index < -0.39 is 0 Å². The fourth-order valence-electron chi connectivity index (χ4n) is 1.05. The number of carbonyl (C=O) groups is 1. The number of allylic oxidation sites excluding steroid dienone is 2. The summed E-state index contributed by atoms with van der Waals surface area (Å²) in [5, 5.41) is 7.40. The van der Waals surface area contributed by atoms with Crippen LogP contribution in [0, 0.1) is 5.92 Å². The Morgan fingerprint density at radius 1 is 1.69 bits per heavy atom. The number of halogens is 1. The predicted molar refractivity (Wildman–Crippen MR) is 71.6 cm³/mol. The summed E-state index contributed by atoms with van der Waals surface area (Å²) in [7, 11) is 0. The molecule has 6 heteroatoms. The van der Waals surface area contributed by atoms with E-state index in [9.17, 15) is 4.79 Å². The molecule has 0 fully saturated rings. The molecule has 0 saturated heterocycles. The van der Waals surface area contributed by atoms with Crippen molar-refractivity contribution >= 4 is 40.0 Å². The van der Waals surface area contributed by atoms with Gasteiger partial charge in [-0.05, 0) is 6.08 Å². The second-order valence-electron chi connectivity index (χ2n) is 3.70. The van der Waals surface area contributed by atoms with E-state index in [1.165, 1.54) is 0 Å². The molecular formula is C10H14IN3O2. The Morgan fingerprint density at radius 3 is 2.94 bits per heavy atom. The highest BCUT2D eigenvalue weighted by Crippen LogP contribution is 2.15. The molecule has 0 aromatic heterocycles. The first-order valence-corrected chi connectivity index (χ1v) is 6.17. The Kier molecular flexibility index (Phi) is 4.91. The van der Waals surface area contributed by atoms with Crippen LogP contribution in [0.1, 0.15) is 20.3 Å². The Bertz CT molecular complexity index is 361. The highest BCUT2D eigenvalue weighted by Gasteiger charge is 2.18. The van der Waals surface area contributed by atoms with Gasteiger partial charge in [0.15, 0.2) is 0 Å². The number of rotatable bonds is 2. The van der Waals surface area contributed by atoms with Crippen LogP contribution < -0.4 is 5.84 Å². The molecule has 0 aromatic carbocycles. The first-order chi connectivity index (χ1) is 7.54. The summed E-state index contributed by atoms with van der Waals surface area (Å²) in [5.74, 6) is 4.68. The number of hydrazone groups is 1. The SMILES string of the molecule is CC(C)C(=O)ON=C1C=CC(I)CC1=NN. The molecule has 0 spiro atoms. The van der Waals surface area contributed by atoms with Gasteiger partial charge in [0.2, 0.25) is 0 Å². The molecule has 0 radical (unpaired) electrons. The fraction of sp³-hybridized carbons (Fsp3) is 0.500. The van der Waals surface area contributed by atoms with Gasteiger partial charge in [-0.2, -0.15) is 5.10 Å². The Labute approximate surface area is 108 Å². The van der Waals surface area contributed by atoms with E-state index in [0.717, 1.165) is 0 Å². The average Bonchev–Trinajstić information content (AvgIpc) is 2.26. The van der Waals surface area contributed by atoms with Gasteiger partial charge in [-0.3, -0.25) is 0 Å². The van der Waals surface area contributed by atoms with Crippen LogP contribution in [-0.2, 0) is 9.63 Å². The van der Waals surface area contributed by atoms with Gasteiger partial charge in [-0.15, -0.1) is 0 Å². The van der Waals surface area contributed by atoms with E-state index in [-0.39, 0.29) is 11.9 Å². The van der Waals surface area contributed by atoms with Crippen LogP contribution in [0.4, 0.5) is 0 Å². The molecule has 5 nitrogen and oxygen atoms in total. The minimum absolute atomic E-state index is 0.201. The normalized spacial score (nSPS) is 25.4. The van der Waals surface area contributed by atoms with E-state index >= 15 is 0 Å². The summed E-state index contributed by atoms with van der Waals surface area (Å²) in [6, 6.07) is 0. The summed E-state index contributed by atoms with van der Waals surface area (Å²) in [6.07, 6.45) is 4.43. The molecule has 0 aliphatic heterocycles. The number of carbonyl (C=O) groups excluding carboxylic acids is 1. The zero-order valence-electron chi connectivity index (χ0n) is 9.18. The largest absolute Gasteiger partial charge is 0.337 e. The Hall–Kier alpha value is -0.920. The van der Waals surface area contributed by atoms with Crippen molar-refractivity contribution in [1.82, 2.24) is 0 Å². The summed E-state index contributed by atoms with van der Waals surface area (Å²) < 4.78 is 0.347. The lowest BCUT2D eigenvalue weighted by molar-refractivity contribution is -0.147. The minimum Gasteiger partial charge on any atom is -0.323 e. The van der Waals surface area contributed by atoms with Crippen molar-refractivity contribution < 1.29 is 9.63 Å². The molecule has 2 N–H and O–H groups in total. The van der Waals surface area contributed by atoms with Gasteiger partial charge in [-0.1, -0.05) is 47.7 Å². The van der Waals surface area contributed by atoms with Gasteiger partial charge in [0, 0.05) is 10.3 Å². The van der Waals surface area contributed by atoms with E-state index in [4.69, 9.17) is 10.7 Å². The molecular weight excluding hydrogens is 321 g/mol. The lowest BCUT2D eigenvalue weighted by Gasteiger charge is -2.13. The smallest absolute Gasteiger partial charge is 0.323 e. The molecule has 1 rings (SSSR count). The second-order valence-corrected chi connectivity index (χ2v) is 5.30. The Balaban J connectivity index is 2.75. The monoisotopic (exact) mass is 335 g/mol. The highest BCUT2D eigenvalue weighted by molar-refractivity contribution is 14.1. The van der Waals surface area contributed by atoms with Crippen LogP contribution in [0.25, 0.3) is 0 Å². The summed E-state index contributed by atoms with van der Waals surface area (Å²) in [6.45, 7) is 3.50. The quantitative estimate of drug-likeness (QED) is 0.274. The highest BCUT2D eigenvalue weighted by atomic mass is 127. The van der Waals surface area contributed by atoms with Crippen molar-refractivity contribution in [2.75, 3.05) is 0 Å². The van der Waals surface area contributed by atoms with Gasteiger partial charge in [-0.25, -0.2) is 4.79 Å². The molecule has 1 aliphatic rings. The van der Waals surface area contributed by atoms with Crippen molar-refractivity contribution in [2.24, 2.45) is 22.0 Å². The topological polar surface area (TPSA) is 77.0 Å². The number of oxime groups is 1. The van der Waals surface area contributed by atoms with E-state index in [1.54, 1.807) is 19.9 Å². The minimum atomic E-state index is -0.367. The van der Waals surface area contributed by atoms with Crippen LogP contribution >= 0.6 is 22.6 Å². The van der Waals surface area contributed by atoms with Crippen molar-refractivity contribution in [3.05, 3.63) is 12.2 Å². The van der Waals surface area contributed by atoms with Crippen LogP contribution in [-0.4, -0.2) is 21.3 Å². The molecule has 16 heavy (non-hydrogen) atoms. The number of hydrogen-bond acceptors (Lipinski definition) is 5. The molecule has 88 valence electrons. The van der Waals surface area contributed by atoms with Gasteiger partial charge in [0.25, 0.3) is 0 Å². The third-order valence-corrected chi connectivity index (χ3v) is 2.86. The maximum Gasteiger partial charge on any atom is 0.337 e. The molecule has 1 aliphatic carbocycles. The zero-order valence-corrected chi connectivity index (χ0v) is 11.3. The molecule has 0 bridgehead atoms. The first-order valence-electron chi connectivity index (χ1n) is 4.92. The number of nitrogens with two attached hydrogens (primary N) is 1. The van der Waals surface area contributed by atoms with Crippen molar-refractivity contribution in [3.8, 4) is 0 Å². The molecule has 1 unspecified atom stereocenters. The maximum atomic E-state index is 11.2. The lowest BCUT2D eigenvalue weighted by atomic mass is 10.0. The standard InChI is InChI=1S/C10H14IN3O2/c1-6(2)10(15)16-14-8-4-3-7(11)5-9(8)13-12/h3-4,6-7H,5,12H2,1-2H3. The number of hydrogen-bond donors (Lipinski definition) is 1. The van der Waals surface area contributed by atoms with Gasteiger partial charge in [0.1, 0.15) is 5.71 Å². The second kappa shape index (κ2) is 5.97. The average molecular weight is 335 g/mol. The summed E-state index contributed by atoms with van der Waals surface area (Å²) in [5.41, 5.74) is 1.17. The van der Waals surface area contributed by atoms with E-state index in [1.807, 2.05) is 6.08 Å². The molecule has 0 saturated carbocycles. The van der Waals surface area contributed by atoms with Gasteiger partial charge in [0.05, 0.1) is 11.6 Å². The summed E-state index contributed by atoms with van der Waals surface area (Å²) >= 11 is 2.27. The fourth-order valence-corrected chi connectivity index (χ4v) is 1.68. The van der Waals surface area contributed by atoms with E-state index in [0.29, 0.717) is 21.8 Å². The van der Waals surface area contributed by atoms with Crippen LogP contribution in [0.15, 0.2) is 22.4 Å². The Morgan fingerprint density at radius 2 is 2.38 bits per heavy atom. The van der Waals surface area contributed by atoms with Crippen LogP contribution in [0.5, 0.6) is 0 Å². The van der Waals surface area contributed by atoms with Crippen molar-refractivity contribution in [3.63, 3.8) is 0 Å². The third kappa shape index (κ3) is 3.58. The molecule has 0 aromatic rings. The maximum absolute atomic E-state index is 11.2. The van der Waals surface area contributed by atoms with Crippen molar-refractivity contribution in [1.29, 1.82) is 0 Å². The number of alkyl halides is 1. The van der Waals surface area contributed by atoms with E-state index in [2.05, 4.69) is 32.8 Å². The number of nitrogens with zero attached hydrogens (tertiary/aromatic N) is 2. The predicted octanol–water partition coefficient (Wildman–Crippen LogP) is 1.62. The van der Waals surface area contributed by atoms with Crippen LogP contribution in [0.2, 0.25) is 0 Å². The van der Waals surface area contributed by atoms with Gasteiger partial charge < -0.3 is 10.7 Å². The molecule has 0 heterocycles. The third-order valence-electron chi connectivity index (χ3n) is 2.01. The molecule has 0 amide bonds. The van der Waals surface area contributed by atoms with Gasteiger partial charge >= 0.3 is 5.97 Å². The van der Waals surface area contributed by atoms with Crippen LogP contribution in [0.3, 0.4) is 0 Å². The first kappa shape index (κ1) is 13.1. The van der Waals surface area contributed by atoms with Crippen molar-refractivity contribution in [2.45, 2.75) is 24.2 Å². The lowest BCUT2D eigenvalue weighted by Crippen LogP contribution is -2.23.